The lowest BCUT2D eigenvalue weighted by Gasteiger charge is -2.11. The molecule has 2 N–H and O–H groups in total. The predicted molar refractivity (Wildman–Crippen MR) is 132 cm³/mol. The molecule has 0 aliphatic carbocycles. The molecule has 0 atom stereocenters. The molecule has 4 heterocycles. The van der Waals surface area contributed by atoms with Gasteiger partial charge in [-0.05, 0) is 48.9 Å². The molecule has 0 fully saturated rings. The Hall–Kier alpha value is -3.78. The van der Waals surface area contributed by atoms with Crippen LogP contribution < -0.4 is 5.73 Å². The first-order valence-corrected chi connectivity index (χ1v) is 11.2. The van der Waals surface area contributed by atoms with Crippen LogP contribution in [-0.4, -0.2) is 34.5 Å². The second kappa shape index (κ2) is 9.38. The molecule has 0 spiro atoms. The first-order valence-electron chi connectivity index (χ1n) is 10.7. The quantitative estimate of drug-likeness (QED) is 0.381. The first-order chi connectivity index (χ1) is 16.0. The highest BCUT2D eigenvalue weighted by Crippen LogP contribution is 2.31. The van der Waals surface area contributed by atoms with Gasteiger partial charge in [0.15, 0.2) is 11.5 Å². The number of benzene rings is 1. The van der Waals surface area contributed by atoms with E-state index in [0.29, 0.717) is 23.2 Å². The Morgan fingerprint density at radius 2 is 1.73 bits per heavy atom. The summed E-state index contributed by atoms with van der Waals surface area (Å²) in [5.74, 6) is 1.52. The molecule has 4 aromatic heterocycles. The average Bonchev–Trinajstić information content (AvgIpc) is 3.39. The van der Waals surface area contributed by atoms with Crippen molar-refractivity contribution in [2.75, 3.05) is 5.73 Å². The van der Waals surface area contributed by atoms with Crippen molar-refractivity contribution in [2.24, 2.45) is 7.05 Å². The number of imidazole rings is 1. The molecule has 0 saturated carbocycles. The fourth-order valence-corrected chi connectivity index (χ4v) is 3.77. The molecule has 33 heavy (non-hydrogen) atoms. The van der Waals surface area contributed by atoms with Gasteiger partial charge in [0, 0.05) is 24.8 Å². The van der Waals surface area contributed by atoms with Crippen molar-refractivity contribution in [1.29, 1.82) is 0 Å². The van der Waals surface area contributed by atoms with Gasteiger partial charge in [0.05, 0.1) is 17.0 Å². The molecule has 0 bridgehead atoms. The highest BCUT2D eigenvalue weighted by molar-refractivity contribution is 6.17. The summed E-state index contributed by atoms with van der Waals surface area (Å²) in [7, 11) is 1.79. The van der Waals surface area contributed by atoms with E-state index in [1.807, 2.05) is 73.9 Å². The van der Waals surface area contributed by atoms with Crippen LogP contribution in [0.25, 0.3) is 39.6 Å². The number of alkyl halides is 1. The monoisotopic (exact) mass is 460 g/mol. The molecule has 0 saturated heterocycles. The minimum atomic E-state index is 0.404. The lowest BCUT2D eigenvalue weighted by molar-refractivity contribution is 0.650. The van der Waals surface area contributed by atoms with Crippen molar-refractivity contribution in [3.63, 3.8) is 0 Å². The predicted octanol–water partition coefficient (Wildman–Crippen LogP) is 4.93. The Morgan fingerprint density at radius 1 is 0.970 bits per heavy atom. The molecule has 5 aromatic rings. The first kappa shape index (κ1) is 22.4. The Bertz CT molecular complexity index is 1400. The number of fused-ring (bicyclic) bond motifs is 1. The number of anilines is 1. The lowest BCUT2D eigenvalue weighted by Crippen LogP contribution is -2.02. The maximum atomic E-state index is 6.19. The minimum Gasteiger partial charge on any atom is -0.383 e. The zero-order valence-corrected chi connectivity index (χ0v) is 19.7. The van der Waals surface area contributed by atoms with Crippen LogP contribution in [0.4, 0.5) is 5.82 Å². The molecule has 9 heteroatoms. The standard InChI is InChI=1S/C22H19ClN8.C2H6/c1-13-19(29-30(2)28-13)17-9-10-18-22(26-17)31(15-7-5-14(12-23)6-8-15)21(27-18)16-4-3-11-25-20(16)24;1-2/h3-11H,12H2,1-2H3,(H2,24,25);1-2H3. The number of nitrogen functional groups attached to an aromatic ring is 1. The van der Waals surface area contributed by atoms with E-state index < -0.39 is 0 Å². The largest absolute Gasteiger partial charge is 0.383 e. The van der Waals surface area contributed by atoms with Crippen LogP contribution in [-0.2, 0) is 12.9 Å². The van der Waals surface area contributed by atoms with Crippen LogP contribution in [0.5, 0.6) is 0 Å². The van der Waals surface area contributed by atoms with E-state index in [-0.39, 0.29) is 0 Å². The number of aromatic nitrogens is 7. The number of hydrogen-bond acceptors (Lipinski definition) is 6. The van der Waals surface area contributed by atoms with Crippen LogP contribution in [0.15, 0.2) is 54.7 Å². The van der Waals surface area contributed by atoms with Crippen LogP contribution in [0.3, 0.4) is 0 Å². The normalized spacial score (nSPS) is 10.8. The van der Waals surface area contributed by atoms with Crippen molar-refractivity contribution in [2.45, 2.75) is 26.7 Å². The summed E-state index contributed by atoms with van der Waals surface area (Å²) in [5, 5.41) is 8.80. The number of nitrogens with two attached hydrogens (primary N) is 1. The Morgan fingerprint density at radius 3 is 2.36 bits per heavy atom. The van der Waals surface area contributed by atoms with E-state index in [4.69, 9.17) is 27.3 Å². The fourth-order valence-electron chi connectivity index (χ4n) is 3.60. The Kier molecular flexibility index (Phi) is 6.37. The van der Waals surface area contributed by atoms with Crippen molar-refractivity contribution in [3.05, 3.63) is 66.0 Å². The number of halogens is 1. The highest BCUT2D eigenvalue weighted by Gasteiger charge is 2.19. The minimum absolute atomic E-state index is 0.404. The van der Waals surface area contributed by atoms with E-state index in [1.165, 1.54) is 0 Å². The van der Waals surface area contributed by atoms with E-state index in [2.05, 4.69) is 15.2 Å². The zero-order valence-electron chi connectivity index (χ0n) is 19.0. The summed E-state index contributed by atoms with van der Waals surface area (Å²) in [6.45, 7) is 5.91. The third-order valence-electron chi connectivity index (χ3n) is 5.06. The number of aryl methyl sites for hydroxylation is 2. The van der Waals surface area contributed by atoms with Crippen molar-refractivity contribution >= 4 is 28.6 Å². The van der Waals surface area contributed by atoms with Gasteiger partial charge in [0.2, 0.25) is 0 Å². The van der Waals surface area contributed by atoms with Gasteiger partial charge in [-0.2, -0.15) is 15.0 Å². The van der Waals surface area contributed by atoms with Crippen LogP contribution >= 0.6 is 11.6 Å². The van der Waals surface area contributed by atoms with Crippen molar-refractivity contribution in [1.82, 2.24) is 34.5 Å². The van der Waals surface area contributed by atoms with Crippen LogP contribution in [0.1, 0.15) is 25.1 Å². The lowest BCUT2D eigenvalue weighted by atomic mass is 10.2. The van der Waals surface area contributed by atoms with Crippen molar-refractivity contribution < 1.29 is 0 Å². The molecule has 168 valence electrons. The molecule has 0 aliphatic rings. The third kappa shape index (κ3) is 4.17. The maximum absolute atomic E-state index is 6.19. The smallest absolute Gasteiger partial charge is 0.165 e. The SMILES string of the molecule is CC.Cc1nn(C)nc1-c1ccc2nc(-c3cccnc3N)n(-c3ccc(CCl)cc3)c2n1. The van der Waals surface area contributed by atoms with Gasteiger partial charge in [-0.3, -0.25) is 4.57 Å². The zero-order chi connectivity index (χ0) is 23.5. The molecule has 0 radical (unpaired) electrons. The van der Waals surface area contributed by atoms with E-state index in [0.717, 1.165) is 39.4 Å². The number of hydrogen-bond donors (Lipinski definition) is 1. The molecule has 5 rings (SSSR count). The van der Waals surface area contributed by atoms with Crippen LogP contribution in [0.2, 0.25) is 0 Å². The summed E-state index contributed by atoms with van der Waals surface area (Å²) in [5.41, 5.74) is 12.6. The van der Waals surface area contributed by atoms with Crippen molar-refractivity contribution in [3.8, 4) is 28.5 Å². The van der Waals surface area contributed by atoms with E-state index in [9.17, 15) is 0 Å². The molecule has 1 aromatic carbocycles. The number of pyridine rings is 2. The molecular formula is C24H25ClN8. The summed E-state index contributed by atoms with van der Waals surface area (Å²) in [4.78, 5) is 15.5. The van der Waals surface area contributed by atoms with Gasteiger partial charge in [0.1, 0.15) is 17.0 Å². The summed E-state index contributed by atoms with van der Waals surface area (Å²) < 4.78 is 1.98. The Balaban J connectivity index is 0.00000126. The second-order valence-electron chi connectivity index (χ2n) is 7.17. The molecule has 8 nitrogen and oxygen atoms in total. The summed E-state index contributed by atoms with van der Waals surface area (Å²) in [6.07, 6.45) is 1.66. The molecule has 0 amide bonds. The van der Waals surface area contributed by atoms with Gasteiger partial charge in [-0.1, -0.05) is 26.0 Å². The topological polar surface area (TPSA) is 100 Å². The molecule has 0 unspecified atom stereocenters. The van der Waals surface area contributed by atoms with Gasteiger partial charge < -0.3 is 5.73 Å². The summed E-state index contributed by atoms with van der Waals surface area (Å²) in [6, 6.07) is 15.6. The van der Waals surface area contributed by atoms with Gasteiger partial charge in [-0.15, -0.1) is 11.6 Å². The van der Waals surface area contributed by atoms with Gasteiger partial charge in [0.25, 0.3) is 0 Å². The van der Waals surface area contributed by atoms with Gasteiger partial charge >= 0.3 is 0 Å². The maximum Gasteiger partial charge on any atom is 0.165 e. The van der Waals surface area contributed by atoms with Crippen LogP contribution in [0, 0.1) is 6.92 Å². The number of rotatable bonds is 4. The molecule has 0 aliphatic heterocycles. The fraction of sp³-hybridized carbons (Fsp3) is 0.208. The number of nitrogens with zero attached hydrogens (tertiary/aromatic N) is 7. The average molecular weight is 461 g/mol. The van der Waals surface area contributed by atoms with Gasteiger partial charge in [-0.25, -0.2) is 15.0 Å². The second-order valence-corrected chi connectivity index (χ2v) is 7.44. The van der Waals surface area contributed by atoms with E-state index >= 15 is 0 Å². The Labute approximate surface area is 197 Å². The highest BCUT2D eigenvalue weighted by atomic mass is 35.5. The summed E-state index contributed by atoms with van der Waals surface area (Å²) >= 11 is 5.98. The molecular weight excluding hydrogens is 436 g/mol. The third-order valence-corrected chi connectivity index (χ3v) is 5.37. The van der Waals surface area contributed by atoms with E-state index in [1.54, 1.807) is 18.0 Å².